The monoisotopic (exact) mass is 375 g/mol. The molecule has 0 radical (unpaired) electrons. The lowest BCUT2D eigenvalue weighted by Crippen LogP contribution is -2.23. The van der Waals surface area contributed by atoms with Crippen LogP contribution < -0.4 is 14.8 Å². The van der Waals surface area contributed by atoms with Gasteiger partial charge in [0.15, 0.2) is 11.5 Å². The number of rotatable bonds is 7. The molecule has 3 aromatic rings. The van der Waals surface area contributed by atoms with E-state index < -0.39 is 0 Å². The summed E-state index contributed by atoms with van der Waals surface area (Å²) in [6.45, 7) is 4.81. The van der Waals surface area contributed by atoms with E-state index in [9.17, 15) is 4.79 Å². The van der Waals surface area contributed by atoms with Crippen LogP contribution in [0.15, 0.2) is 66.7 Å². The molecule has 28 heavy (non-hydrogen) atoms. The molecule has 3 rings (SSSR count). The molecule has 0 spiro atoms. The van der Waals surface area contributed by atoms with Gasteiger partial charge in [0.05, 0.1) is 7.11 Å². The van der Waals surface area contributed by atoms with Crippen LogP contribution in [-0.4, -0.2) is 13.0 Å². The fourth-order valence-corrected chi connectivity index (χ4v) is 2.93. The summed E-state index contributed by atoms with van der Waals surface area (Å²) < 4.78 is 11.3. The Labute approximate surface area is 166 Å². The molecule has 0 fully saturated rings. The van der Waals surface area contributed by atoms with E-state index in [1.807, 2.05) is 80.6 Å². The van der Waals surface area contributed by atoms with E-state index in [1.54, 1.807) is 7.11 Å². The van der Waals surface area contributed by atoms with Crippen molar-refractivity contribution in [3.05, 3.63) is 94.5 Å². The van der Waals surface area contributed by atoms with Crippen molar-refractivity contribution < 1.29 is 14.3 Å². The van der Waals surface area contributed by atoms with Crippen molar-refractivity contribution in [1.29, 1.82) is 0 Å². The highest BCUT2D eigenvalue weighted by Gasteiger charge is 2.11. The Morgan fingerprint density at radius 2 is 1.68 bits per heavy atom. The van der Waals surface area contributed by atoms with Crippen molar-refractivity contribution in [2.24, 2.45) is 0 Å². The fraction of sp³-hybridized carbons (Fsp3) is 0.208. The molecule has 3 aromatic carbocycles. The quantitative estimate of drug-likeness (QED) is 0.644. The third-order valence-electron chi connectivity index (χ3n) is 4.56. The summed E-state index contributed by atoms with van der Waals surface area (Å²) in [6, 6.07) is 21.6. The minimum absolute atomic E-state index is 0.0791. The molecule has 0 atom stereocenters. The zero-order valence-electron chi connectivity index (χ0n) is 16.5. The van der Waals surface area contributed by atoms with Crippen molar-refractivity contribution in [2.45, 2.75) is 27.0 Å². The highest BCUT2D eigenvalue weighted by molar-refractivity contribution is 5.95. The van der Waals surface area contributed by atoms with Gasteiger partial charge in [0, 0.05) is 12.1 Å². The average molecular weight is 375 g/mol. The maximum atomic E-state index is 12.5. The predicted octanol–water partition coefficient (Wildman–Crippen LogP) is 4.82. The van der Waals surface area contributed by atoms with Gasteiger partial charge >= 0.3 is 0 Å². The fourth-order valence-electron chi connectivity index (χ4n) is 2.93. The van der Waals surface area contributed by atoms with E-state index in [2.05, 4.69) is 5.32 Å². The normalized spacial score (nSPS) is 10.4. The largest absolute Gasteiger partial charge is 0.493 e. The second-order valence-corrected chi connectivity index (χ2v) is 6.76. The summed E-state index contributed by atoms with van der Waals surface area (Å²) in [5.41, 5.74) is 4.77. The third-order valence-corrected chi connectivity index (χ3v) is 4.56. The minimum Gasteiger partial charge on any atom is -0.493 e. The van der Waals surface area contributed by atoms with Crippen molar-refractivity contribution in [3.63, 3.8) is 0 Å². The molecule has 0 aliphatic heterocycles. The summed E-state index contributed by atoms with van der Waals surface area (Å²) >= 11 is 0. The van der Waals surface area contributed by atoms with E-state index >= 15 is 0 Å². The Hall–Kier alpha value is -3.27. The standard InChI is InChI=1S/C24H25NO3/c1-17-9-10-18(2)21(13-17)24(26)25-15-20-11-12-22(23(14-20)27-3)28-16-19-7-5-4-6-8-19/h4-14H,15-16H2,1-3H3,(H,25,26). The third kappa shape index (κ3) is 4.92. The summed E-state index contributed by atoms with van der Waals surface area (Å²) in [4.78, 5) is 12.5. The maximum absolute atomic E-state index is 12.5. The molecule has 0 heterocycles. The highest BCUT2D eigenvalue weighted by Crippen LogP contribution is 2.29. The Bertz CT molecular complexity index is 951. The van der Waals surface area contributed by atoms with Gasteiger partial charge in [-0.05, 0) is 48.7 Å². The molecule has 0 bridgehead atoms. The first-order chi connectivity index (χ1) is 13.6. The first-order valence-electron chi connectivity index (χ1n) is 9.26. The number of hydrogen-bond donors (Lipinski definition) is 1. The van der Waals surface area contributed by atoms with E-state index in [0.717, 1.165) is 22.3 Å². The lowest BCUT2D eigenvalue weighted by atomic mass is 10.0. The molecule has 4 nitrogen and oxygen atoms in total. The van der Waals surface area contributed by atoms with Gasteiger partial charge in [-0.1, -0.05) is 54.1 Å². The Morgan fingerprint density at radius 3 is 2.43 bits per heavy atom. The van der Waals surface area contributed by atoms with Crippen molar-refractivity contribution >= 4 is 5.91 Å². The summed E-state index contributed by atoms with van der Waals surface area (Å²) in [7, 11) is 1.61. The van der Waals surface area contributed by atoms with Crippen molar-refractivity contribution in [1.82, 2.24) is 5.32 Å². The van der Waals surface area contributed by atoms with Crippen LogP contribution in [0, 0.1) is 13.8 Å². The average Bonchev–Trinajstić information content (AvgIpc) is 2.73. The molecule has 0 saturated carbocycles. The Morgan fingerprint density at radius 1 is 0.893 bits per heavy atom. The molecule has 0 unspecified atom stereocenters. The molecule has 0 aromatic heterocycles. The molecular formula is C24H25NO3. The molecule has 1 N–H and O–H groups in total. The van der Waals surface area contributed by atoms with E-state index in [0.29, 0.717) is 30.2 Å². The van der Waals surface area contributed by atoms with Crippen LogP contribution in [0.1, 0.15) is 32.6 Å². The molecule has 1 amide bonds. The molecular weight excluding hydrogens is 350 g/mol. The minimum atomic E-state index is -0.0791. The van der Waals surface area contributed by atoms with Gasteiger partial charge in [-0.15, -0.1) is 0 Å². The van der Waals surface area contributed by atoms with E-state index in [1.165, 1.54) is 0 Å². The number of hydrogen-bond acceptors (Lipinski definition) is 3. The van der Waals surface area contributed by atoms with Crippen molar-refractivity contribution in [2.75, 3.05) is 7.11 Å². The number of methoxy groups -OCH3 is 1. The predicted molar refractivity (Wildman–Crippen MR) is 111 cm³/mol. The number of ether oxygens (including phenoxy) is 2. The van der Waals surface area contributed by atoms with Crippen LogP contribution >= 0.6 is 0 Å². The van der Waals surface area contributed by atoms with Crippen LogP contribution in [0.5, 0.6) is 11.5 Å². The number of benzene rings is 3. The zero-order chi connectivity index (χ0) is 19.9. The SMILES string of the molecule is COc1cc(CNC(=O)c2cc(C)ccc2C)ccc1OCc1ccccc1. The van der Waals surface area contributed by atoms with Gasteiger partial charge in [0.25, 0.3) is 5.91 Å². The Balaban J connectivity index is 1.64. The van der Waals surface area contributed by atoms with Crippen LogP contribution in [-0.2, 0) is 13.2 Å². The van der Waals surface area contributed by atoms with Gasteiger partial charge in [-0.25, -0.2) is 0 Å². The molecule has 4 heteroatoms. The van der Waals surface area contributed by atoms with Crippen LogP contribution in [0.25, 0.3) is 0 Å². The Kier molecular flexibility index (Phi) is 6.33. The van der Waals surface area contributed by atoms with E-state index in [-0.39, 0.29) is 5.91 Å². The van der Waals surface area contributed by atoms with Gasteiger partial charge in [-0.2, -0.15) is 0 Å². The number of aryl methyl sites for hydroxylation is 2. The number of amides is 1. The van der Waals surface area contributed by atoms with Crippen LogP contribution in [0.3, 0.4) is 0 Å². The van der Waals surface area contributed by atoms with Crippen LogP contribution in [0.4, 0.5) is 0 Å². The summed E-state index contributed by atoms with van der Waals surface area (Å²) in [6.07, 6.45) is 0. The van der Waals surface area contributed by atoms with Gasteiger partial charge in [-0.3, -0.25) is 4.79 Å². The van der Waals surface area contributed by atoms with Crippen molar-refractivity contribution in [3.8, 4) is 11.5 Å². The number of carbonyl (C=O) groups is 1. The molecule has 0 aliphatic carbocycles. The topological polar surface area (TPSA) is 47.6 Å². The second-order valence-electron chi connectivity index (χ2n) is 6.76. The highest BCUT2D eigenvalue weighted by atomic mass is 16.5. The van der Waals surface area contributed by atoms with Crippen LogP contribution in [0.2, 0.25) is 0 Å². The lowest BCUT2D eigenvalue weighted by molar-refractivity contribution is 0.0950. The second kappa shape index (κ2) is 9.09. The first-order valence-corrected chi connectivity index (χ1v) is 9.26. The molecule has 0 aliphatic rings. The maximum Gasteiger partial charge on any atom is 0.251 e. The molecule has 144 valence electrons. The van der Waals surface area contributed by atoms with Gasteiger partial charge in [0.1, 0.15) is 6.61 Å². The van der Waals surface area contributed by atoms with E-state index in [4.69, 9.17) is 9.47 Å². The van der Waals surface area contributed by atoms with Gasteiger partial charge in [0.2, 0.25) is 0 Å². The zero-order valence-corrected chi connectivity index (χ0v) is 16.5. The number of carbonyl (C=O) groups excluding carboxylic acids is 1. The number of nitrogens with one attached hydrogen (secondary N) is 1. The summed E-state index contributed by atoms with van der Waals surface area (Å²) in [5.74, 6) is 1.25. The first kappa shape index (κ1) is 19.5. The smallest absolute Gasteiger partial charge is 0.251 e. The lowest BCUT2D eigenvalue weighted by Gasteiger charge is -2.13. The van der Waals surface area contributed by atoms with Gasteiger partial charge < -0.3 is 14.8 Å². The summed E-state index contributed by atoms with van der Waals surface area (Å²) in [5, 5.41) is 2.98. The molecule has 0 saturated heterocycles.